The number of benzene rings is 1. The summed E-state index contributed by atoms with van der Waals surface area (Å²) in [6, 6.07) is 5.58. The van der Waals surface area contributed by atoms with E-state index >= 15 is 0 Å². The van der Waals surface area contributed by atoms with Crippen LogP contribution >= 0.6 is 0 Å². The molecular weight excluding hydrogens is 410 g/mol. The van der Waals surface area contributed by atoms with Gasteiger partial charge in [-0.1, -0.05) is 6.07 Å². The summed E-state index contributed by atoms with van der Waals surface area (Å²) in [5.41, 5.74) is 2.38. The van der Waals surface area contributed by atoms with Crippen LogP contribution in [0.5, 0.6) is 0 Å². The van der Waals surface area contributed by atoms with Crippen LogP contribution in [0, 0.1) is 5.92 Å². The minimum atomic E-state index is -0.659. The van der Waals surface area contributed by atoms with Crippen LogP contribution in [0.4, 0.5) is 0 Å². The second-order valence-electron chi connectivity index (χ2n) is 8.96. The minimum absolute atomic E-state index is 0.234. The SMILES string of the molecule is Cn1c(=O)n(C2CCC(=O)NC2=O)c2ccc(CCNCC3CCC(NC=O)CC3)cc21. The van der Waals surface area contributed by atoms with Gasteiger partial charge in [0.05, 0.1) is 11.0 Å². The maximum Gasteiger partial charge on any atom is 0.329 e. The number of imidazole rings is 1. The largest absolute Gasteiger partial charge is 0.356 e. The predicted molar refractivity (Wildman–Crippen MR) is 120 cm³/mol. The van der Waals surface area contributed by atoms with E-state index in [9.17, 15) is 19.2 Å². The van der Waals surface area contributed by atoms with Crippen molar-refractivity contribution in [3.8, 4) is 0 Å². The number of nitrogens with zero attached hydrogens (tertiary/aromatic N) is 2. The second kappa shape index (κ2) is 9.68. The van der Waals surface area contributed by atoms with Gasteiger partial charge in [-0.15, -0.1) is 0 Å². The van der Waals surface area contributed by atoms with Gasteiger partial charge in [-0.05, 0) is 75.2 Å². The van der Waals surface area contributed by atoms with Crippen LogP contribution < -0.4 is 21.6 Å². The number of imide groups is 1. The molecule has 2 fully saturated rings. The molecule has 1 aliphatic heterocycles. The molecule has 3 N–H and O–H groups in total. The fourth-order valence-electron chi connectivity index (χ4n) is 4.96. The molecule has 1 atom stereocenters. The first-order chi connectivity index (χ1) is 15.5. The first-order valence-electron chi connectivity index (χ1n) is 11.4. The molecule has 32 heavy (non-hydrogen) atoms. The van der Waals surface area contributed by atoms with Gasteiger partial charge in [0, 0.05) is 19.5 Å². The third-order valence-electron chi connectivity index (χ3n) is 6.85. The highest BCUT2D eigenvalue weighted by Crippen LogP contribution is 2.25. The lowest BCUT2D eigenvalue weighted by atomic mass is 9.86. The van der Waals surface area contributed by atoms with Gasteiger partial charge in [-0.2, -0.15) is 0 Å². The molecule has 1 aliphatic carbocycles. The normalized spacial score (nSPS) is 23.8. The zero-order valence-electron chi connectivity index (χ0n) is 18.4. The number of piperidine rings is 1. The number of amides is 3. The van der Waals surface area contributed by atoms with E-state index in [1.165, 1.54) is 4.57 Å². The highest BCUT2D eigenvalue weighted by molar-refractivity contribution is 6.00. The summed E-state index contributed by atoms with van der Waals surface area (Å²) in [4.78, 5) is 47.2. The zero-order chi connectivity index (χ0) is 22.7. The summed E-state index contributed by atoms with van der Waals surface area (Å²) in [6.45, 7) is 1.82. The van der Waals surface area contributed by atoms with Crippen LogP contribution in [0.15, 0.2) is 23.0 Å². The van der Waals surface area contributed by atoms with Crippen LogP contribution in [-0.4, -0.2) is 46.5 Å². The monoisotopic (exact) mass is 441 g/mol. The van der Waals surface area contributed by atoms with Gasteiger partial charge in [-0.3, -0.25) is 28.8 Å². The van der Waals surface area contributed by atoms with Crippen LogP contribution in [0.25, 0.3) is 11.0 Å². The van der Waals surface area contributed by atoms with Crippen molar-refractivity contribution in [2.24, 2.45) is 13.0 Å². The Hall–Kier alpha value is -2.94. The van der Waals surface area contributed by atoms with Gasteiger partial charge in [-0.25, -0.2) is 4.79 Å². The number of aromatic nitrogens is 2. The van der Waals surface area contributed by atoms with E-state index in [1.54, 1.807) is 11.6 Å². The molecule has 9 nitrogen and oxygen atoms in total. The van der Waals surface area contributed by atoms with Crippen molar-refractivity contribution in [1.29, 1.82) is 0 Å². The number of carbonyl (C=O) groups is 3. The van der Waals surface area contributed by atoms with Gasteiger partial charge in [0.1, 0.15) is 6.04 Å². The van der Waals surface area contributed by atoms with Crippen molar-refractivity contribution in [3.63, 3.8) is 0 Å². The maximum atomic E-state index is 12.9. The Morgan fingerprint density at radius 2 is 1.88 bits per heavy atom. The molecule has 1 unspecified atom stereocenters. The maximum absolute atomic E-state index is 12.9. The van der Waals surface area contributed by atoms with Gasteiger partial charge < -0.3 is 10.6 Å². The van der Waals surface area contributed by atoms with Crippen LogP contribution in [0.1, 0.15) is 50.1 Å². The summed E-state index contributed by atoms with van der Waals surface area (Å²) >= 11 is 0. The summed E-state index contributed by atoms with van der Waals surface area (Å²) in [5, 5.41) is 8.76. The fraction of sp³-hybridized carbons (Fsp3) is 0.565. The van der Waals surface area contributed by atoms with E-state index in [1.807, 2.05) is 18.2 Å². The molecule has 3 amide bonds. The van der Waals surface area contributed by atoms with Crippen LogP contribution in [0.3, 0.4) is 0 Å². The Labute approximate surface area is 186 Å². The standard InChI is InChI=1S/C23H31N5O4/c1-27-20-12-15(10-11-24-13-16-2-5-17(6-3-16)25-14-29)4-7-18(20)28(23(27)32)19-8-9-21(30)26-22(19)31/h4,7,12,14,16-17,19,24H,2-3,5-6,8-11,13H2,1H3,(H,25,29)(H,26,30,31). The quantitative estimate of drug-likeness (QED) is 0.318. The Morgan fingerprint density at radius 1 is 1.09 bits per heavy atom. The van der Waals surface area contributed by atoms with Gasteiger partial charge >= 0.3 is 5.69 Å². The van der Waals surface area contributed by atoms with Gasteiger partial charge in [0.2, 0.25) is 18.2 Å². The lowest BCUT2D eigenvalue weighted by Crippen LogP contribution is -2.44. The molecule has 1 saturated heterocycles. The van der Waals surface area contributed by atoms with Crippen molar-refractivity contribution in [2.75, 3.05) is 13.1 Å². The smallest absolute Gasteiger partial charge is 0.329 e. The van der Waals surface area contributed by atoms with E-state index in [4.69, 9.17) is 0 Å². The van der Waals surface area contributed by atoms with E-state index in [2.05, 4.69) is 16.0 Å². The van der Waals surface area contributed by atoms with Crippen LogP contribution in [-0.2, 0) is 27.9 Å². The Bertz CT molecular complexity index is 1060. The molecule has 0 radical (unpaired) electrons. The topological polar surface area (TPSA) is 114 Å². The number of hydrogen-bond acceptors (Lipinski definition) is 5. The molecule has 2 heterocycles. The third-order valence-corrected chi connectivity index (χ3v) is 6.85. The molecule has 1 saturated carbocycles. The number of rotatable bonds is 8. The highest BCUT2D eigenvalue weighted by Gasteiger charge is 2.31. The average molecular weight is 442 g/mol. The summed E-state index contributed by atoms with van der Waals surface area (Å²) < 4.78 is 3.08. The van der Waals surface area contributed by atoms with Gasteiger partial charge in [0.25, 0.3) is 0 Å². The summed E-state index contributed by atoms with van der Waals surface area (Å²) in [7, 11) is 1.71. The van der Waals surface area contributed by atoms with Crippen molar-refractivity contribution in [3.05, 3.63) is 34.2 Å². The molecule has 9 heteroatoms. The Morgan fingerprint density at radius 3 is 2.59 bits per heavy atom. The van der Waals surface area contributed by atoms with Crippen molar-refractivity contribution in [1.82, 2.24) is 25.1 Å². The van der Waals surface area contributed by atoms with Gasteiger partial charge in [0.15, 0.2) is 0 Å². The van der Waals surface area contributed by atoms with Crippen LogP contribution in [0.2, 0.25) is 0 Å². The number of nitrogens with one attached hydrogen (secondary N) is 3. The molecule has 2 aliphatic rings. The van der Waals surface area contributed by atoms with E-state index in [0.717, 1.165) is 62.7 Å². The summed E-state index contributed by atoms with van der Waals surface area (Å²) in [6.07, 6.45) is 6.55. The molecule has 0 bridgehead atoms. The van der Waals surface area contributed by atoms with E-state index in [-0.39, 0.29) is 18.0 Å². The number of hydrogen-bond donors (Lipinski definition) is 3. The predicted octanol–water partition coefficient (Wildman–Crippen LogP) is 0.755. The number of fused-ring (bicyclic) bond motifs is 1. The lowest BCUT2D eigenvalue weighted by Gasteiger charge is -2.28. The zero-order valence-corrected chi connectivity index (χ0v) is 18.4. The molecule has 172 valence electrons. The number of aryl methyl sites for hydroxylation is 1. The average Bonchev–Trinajstić information content (AvgIpc) is 3.03. The van der Waals surface area contributed by atoms with Crippen molar-refractivity contribution >= 4 is 29.3 Å². The second-order valence-corrected chi connectivity index (χ2v) is 8.96. The first-order valence-corrected chi connectivity index (χ1v) is 11.4. The van der Waals surface area contributed by atoms with Crippen molar-refractivity contribution < 1.29 is 14.4 Å². The highest BCUT2D eigenvalue weighted by atomic mass is 16.2. The third kappa shape index (κ3) is 4.62. The molecule has 1 aromatic carbocycles. The Balaban J connectivity index is 1.36. The minimum Gasteiger partial charge on any atom is -0.356 e. The molecule has 1 aromatic heterocycles. The Kier molecular flexibility index (Phi) is 6.74. The number of carbonyl (C=O) groups excluding carboxylic acids is 3. The lowest BCUT2D eigenvalue weighted by molar-refractivity contribution is -0.135. The summed E-state index contributed by atoms with van der Waals surface area (Å²) in [5.74, 6) is -0.0642. The molecule has 0 spiro atoms. The van der Waals surface area contributed by atoms with Crippen molar-refractivity contribution in [2.45, 2.75) is 57.0 Å². The fourth-order valence-corrected chi connectivity index (χ4v) is 4.96. The molecule has 2 aromatic rings. The first kappa shape index (κ1) is 22.3. The molecular formula is C23H31N5O4. The molecule has 4 rings (SSSR count). The van der Waals surface area contributed by atoms with E-state index < -0.39 is 11.9 Å². The van der Waals surface area contributed by atoms with E-state index in [0.29, 0.717) is 23.9 Å².